The number of aryl methyl sites for hydroxylation is 1. The van der Waals surface area contributed by atoms with Gasteiger partial charge in [0.25, 0.3) is 0 Å². The van der Waals surface area contributed by atoms with Crippen LogP contribution in [0.25, 0.3) is 22.1 Å². The lowest BCUT2D eigenvalue weighted by molar-refractivity contribution is -0.146. The van der Waals surface area contributed by atoms with Crippen LogP contribution in [-0.4, -0.2) is 24.3 Å². The Morgan fingerprint density at radius 1 is 0.969 bits per heavy atom. The second-order valence-electron chi connectivity index (χ2n) is 7.31. The molecule has 0 aliphatic heterocycles. The number of benzene rings is 2. The van der Waals surface area contributed by atoms with Crippen molar-refractivity contribution in [2.75, 3.05) is 6.61 Å². The van der Waals surface area contributed by atoms with Crippen molar-refractivity contribution in [2.24, 2.45) is 0 Å². The van der Waals surface area contributed by atoms with Gasteiger partial charge in [0.1, 0.15) is 11.3 Å². The van der Waals surface area contributed by atoms with Gasteiger partial charge in [-0.1, -0.05) is 30.8 Å². The second kappa shape index (κ2) is 9.87. The largest absolute Gasteiger partial charge is 0.462 e. The molecule has 0 atom stereocenters. The summed E-state index contributed by atoms with van der Waals surface area (Å²) >= 11 is 0. The van der Waals surface area contributed by atoms with E-state index in [9.17, 15) is 19.2 Å². The fraction of sp³-hybridized carbons (Fsp3) is 0.200. The minimum absolute atomic E-state index is 0.206. The first-order chi connectivity index (χ1) is 15.2. The molecule has 0 bridgehead atoms. The number of fused-ring (bicyclic) bond motifs is 1. The van der Waals surface area contributed by atoms with E-state index in [1.165, 1.54) is 12.1 Å². The van der Waals surface area contributed by atoms with Crippen molar-refractivity contribution in [3.05, 3.63) is 76.7 Å². The zero-order chi connectivity index (χ0) is 23.3. The van der Waals surface area contributed by atoms with E-state index in [-0.39, 0.29) is 12.4 Å². The number of rotatable bonds is 8. The minimum Gasteiger partial charge on any atom is -0.462 e. The van der Waals surface area contributed by atoms with Gasteiger partial charge < -0.3 is 13.9 Å². The molecule has 0 aliphatic rings. The van der Waals surface area contributed by atoms with Crippen LogP contribution in [0.1, 0.15) is 25.8 Å². The van der Waals surface area contributed by atoms with Crippen LogP contribution in [0, 0.1) is 0 Å². The van der Waals surface area contributed by atoms with Crippen LogP contribution in [0.15, 0.2) is 69.9 Å². The van der Waals surface area contributed by atoms with Crippen LogP contribution < -0.4 is 10.4 Å². The number of carbonyl (C=O) groups is 3. The fourth-order valence-corrected chi connectivity index (χ4v) is 2.96. The van der Waals surface area contributed by atoms with Crippen LogP contribution in [0.3, 0.4) is 0 Å². The van der Waals surface area contributed by atoms with Crippen molar-refractivity contribution in [1.82, 2.24) is 0 Å². The minimum atomic E-state index is -0.951. The highest BCUT2D eigenvalue weighted by Gasteiger charge is 2.12. The molecule has 0 unspecified atom stereocenters. The molecule has 0 amide bonds. The van der Waals surface area contributed by atoms with Gasteiger partial charge in [-0.2, -0.15) is 0 Å². The second-order valence-corrected chi connectivity index (χ2v) is 7.31. The summed E-state index contributed by atoms with van der Waals surface area (Å²) in [6, 6.07) is 13.6. The Labute approximate surface area is 184 Å². The van der Waals surface area contributed by atoms with Gasteiger partial charge in [0.2, 0.25) is 5.78 Å². The zero-order valence-electron chi connectivity index (χ0n) is 17.8. The van der Waals surface area contributed by atoms with Crippen LogP contribution in [-0.2, 0) is 25.5 Å². The third kappa shape index (κ3) is 5.57. The van der Waals surface area contributed by atoms with Crippen molar-refractivity contribution < 1.29 is 28.3 Å². The summed E-state index contributed by atoms with van der Waals surface area (Å²) in [5.41, 5.74) is 2.23. The van der Waals surface area contributed by atoms with Crippen molar-refractivity contribution in [3.8, 4) is 16.9 Å². The fourth-order valence-electron chi connectivity index (χ4n) is 2.96. The summed E-state index contributed by atoms with van der Waals surface area (Å²) in [5, 5.41) is 0.754. The standard InChI is InChI=1S/C25H22O7/c1-15(2)23(27)30-12-4-5-17-6-7-19-14-21(25(29)32-22(19)13-17)18-8-10-20(11-9-18)31-24(28)16(3)26/h6-11,13-14H,1,4-5,12H2,2-3H3. The zero-order valence-corrected chi connectivity index (χ0v) is 17.8. The molecule has 0 fully saturated rings. The Hall–Kier alpha value is -4.00. The SMILES string of the molecule is C=C(C)C(=O)OCCCc1ccc2cc(-c3ccc(OC(=O)C(C)=O)cc3)c(=O)oc2c1. The maximum Gasteiger partial charge on any atom is 0.379 e. The predicted molar refractivity (Wildman–Crippen MR) is 118 cm³/mol. The molecule has 0 spiro atoms. The van der Waals surface area contributed by atoms with E-state index >= 15 is 0 Å². The maximum absolute atomic E-state index is 12.5. The van der Waals surface area contributed by atoms with Crippen molar-refractivity contribution in [1.29, 1.82) is 0 Å². The quantitative estimate of drug-likeness (QED) is 0.132. The molecule has 2 aromatic carbocycles. The van der Waals surface area contributed by atoms with Crippen LogP contribution >= 0.6 is 0 Å². The molecule has 164 valence electrons. The molecule has 0 saturated carbocycles. The van der Waals surface area contributed by atoms with Gasteiger partial charge in [0, 0.05) is 17.9 Å². The summed E-state index contributed by atoms with van der Waals surface area (Å²) < 4.78 is 15.5. The number of ether oxygens (including phenoxy) is 2. The molecule has 1 heterocycles. The average molecular weight is 434 g/mol. The van der Waals surface area contributed by atoms with E-state index in [0.717, 1.165) is 17.9 Å². The molecule has 0 saturated heterocycles. The number of carbonyl (C=O) groups excluding carboxylic acids is 3. The lowest BCUT2D eigenvalue weighted by Crippen LogP contribution is -2.16. The van der Waals surface area contributed by atoms with E-state index in [2.05, 4.69) is 6.58 Å². The number of Topliss-reactive ketones (excluding diaryl/α,β-unsaturated/α-hetero) is 1. The lowest BCUT2D eigenvalue weighted by Gasteiger charge is -2.07. The molecule has 0 N–H and O–H groups in total. The Morgan fingerprint density at radius 2 is 1.69 bits per heavy atom. The Bertz CT molecular complexity index is 1250. The topological polar surface area (TPSA) is 99.9 Å². The molecule has 3 aromatic rings. The maximum atomic E-state index is 12.5. The lowest BCUT2D eigenvalue weighted by atomic mass is 10.0. The Balaban J connectivity index is 1.73. The van der Waals surface area contributed by atoms with E-state index < -0.39 is 23.3 Å². The van der Waals surface area contributed by atoms with Crippen LogP contribution in [0.4, 0.5) is 0 Å². The van der Waals surface area contributed by atoms with Crippen molar-refractivity contribution >= 4 is 28.7 Å². The van der Waals surface area contributed by atoms with Crippen LogP contribution in [0.5, 0.6) is 5.75 Å². The number of ketones is 1. The van der Waals surface area contributed by atoms with Crippen molar-refractivity contribution in [2.45, 2.75) is 26.7 Å². The molecular weight excluding hydrogens is 412 g/mol. The Kier molecular flexibility index (Phi) is 7.00. The van der Waals surface area contributed by atoms with Gasteiger partial charge in [-0.25, -0.2) is 14.4 Å². The van der Waals surface area contributed by atoms with Crippen LogP contribution in [0.2, 0.25) is 0 Å². The molecule has 7 nitrogen and oxygen atoms in total. The number of hydrogen-bond acceptors (Lipinski definition) is 7. The monoisotopic (exact) mass is 434 g/mol. The summed E-state index contributed by atoms with van der Waals surface area (Å²) in [6.07, 6.45) is 1.29. The first-order valence-electron chi connectivity index (χ1n) is 9.97. The van der Waals surface area contributed by atoms with Gasteiger partial charge >= 0.3 is 17.6 Å². The summed E-state index contributed by atoms with van der Waals surface area (Å²) in [6.45, 7) is 6.54. The van der Waals surface area contributed by atoms with Gasteiger partial charge in [0.15, 0.2) is 0 Å². The van der Waals surface area contributed by atoms with Gasteiger partial charge in [-0.3, -0.25) is 4.79 Å². The molecular formula is C25H22O7. The van der Waals surface area contributed by atoms with E-state index in [4.69, 9.17) is 13.9 Å². The summed E-state index contributed by atoms with van der Waals surface area (Å²) in [4.78, 5) is 46.3. The smallest absolute Gasteiger partial charge is 0.379 e. The molecule has 1 aromatic heterocycles. The van der Waals surface area contributed by atoms with E-state index in [0.29, 0.717) is 35.1 Å². The van der Waals surface area contributed by atoms with Gasteiger partial charge in [0.05, 0.1) is 12.2 Å². The van der Waals surface area contributed by atoms with Gasteiger partial charge in [-0.15, -0.1) is 0 Å². The highest BCUT2D eigenvalue weighted by atomic mass is 16.5. The number of hydrogen-bond donors (Lipinski definition) is 0. The first-order valence-corrected chi connectivity index (χ1v) is 9.97. The normalized spacial score (nSPS) is 10.6. The van der Waals surface area contributed by atoms with Crippen molar-refractivity contribution in [3.63, 3.8) is 0 Å². The highest BCUT2D eigenvalue weighted by molar-refractivity contribution is 6.33. The molecule has 3 rings (SSSR count). The summed E-state index contributed by atoms with van der Waals surface area (Å²) in [5.74, 6) is -1.85. The van der Waals surface area contributed by atoms with E-state index in [1.807, 2.05) is 12.1 Å². The highest BCUT2D eigenvalue weighted by Crippen LogP contribution is 2.24. The van der Waals surface area contributed by atoms with Gasteiger partial charge in [-0.05, 0) is 55.2 Å². The molecule has 32 heavy (non-hydrogen) atoms. The van der Waals surface area contributed by atoms with E-state index in [1.54, 1.807) is 31.2 Å². The molecule has 7 heteroatoms. The average Bonchev–Trinajstić information content (AvgIpc) is 2.76. The number of esters is 2. The predicted octanol–water partition coefficient (Wildman–Crippen LogP) is 4.01. The molecule has 0 radical (unpaired) electrons. The summed E-state index contributed by atoms with van der Waals surface area (Å²) in [7, 11) is 0. The third-order valence-electron chi connectivity index (χ3n) is 4.66. The Morgan fingerprint density at radius 3 is 2.34 bits per heavy atom. The first kappa shape index (κ1) is 22.7. The third-order valence-corrected chi connectivity index (χ3v) is 4.66. The molecule has 0 aliphatic carbocycles.